The van der Waals surface area contributed by atoms with Crippen molar-refractivity contribution in [3.8, 4) is 0 Å². The summed E-state index contributed by atoms with van der Waals surface area (Å²) in [6, 6.07) is 0. The molecule has 1 N–H and O–H groups in total. The van der Waals surface area contributed by atoms with Gasteiger partial charge in [-0.05, 0) is 50.9 Å². The zero-order valence-corrected chi connectivity index (χ0v) is 15.9. The number of rotatable bonds is 5. The maximum Gasteiger partial charge on any atom is 0.332 e. The number of aliphatic carboxylic acids is 1. The first-order valence-electron chi connectivity index (χ1n) is 9.93. The van der Waals surface area contributed by atoms with Gasteiger partial charge in [-0.15, -0.1) is 0 Å². The molecule has 0 aromatic heterocycles. The maximum absolute atomic E-state index is 12.6. The van der Waals surface area contributed by atoms with Crippen LogP contribution >= 0.6 is 0 Å². The monoisotopic (exact) mass is 376 g/mol. The van der Waals surface area contributed by atoms with Crippen LogP contribution in [0.5, 0.6) is 0 Å². The van der Waals surface area contributed by atoms with Crippen LogP contribution in [0, 0.1) is 11.8 Å². The number of ether oxygens (including phenoxy) is 1. The summed E-state index contributed by atoms with van der Waals surface area (Å²) in [5.74, 6) is -0.500. The Morgan fingerprint density at radius 3 is 2.63 bits per heavy atom. The number of esters is 1. The Morgan fingerprint density at radius 1 is 1.26 bits per heavy atom. The van der Waals surface area contributed by atoms with Crippen LogP contribution in [0.1, 0.15) is 45.4 Å². The number of nitrogens with zero attached hydrogens (tertiary/aromatic N) is 2. The Hall–Kier alpha value is -1.89. The van der Waals surface area contributed by atoms with Crippen molar-refractivity contribution in [2.45, 2.75) is 56.5 Å². The zero-order chi connectivity index (χ0) is 19.4. The van der Waals surface area contributed by atoms with Gasteiger partial charge in [0.05, 0.1) is 6.61 Å². The second kappa shape index (κ2) is 6.33. The third-order valence-corrected chi connectivity index (χ3v) is 7.02. The minimum atomic E-state index is -0.800. The lowest BCUT2D eigenvalue weighted by Crippen LogP contribution is -2.48. The topological polar surface area (TPSA) is 87.2 Å². The van der Waals surface area contributed by atoms with Gasteiger partial charge in [0.25, 0.3) is 0 Å². The lowest BCUT2D eigenvalue weighted by atomic mass is 9.82. The molecule has 7 nitrogen and oxygen atoms in total. The Morgan fingerprint density at radius 2 is 1.96 bits per heavy atom. The van der Waals surface area contributed by atoms with E-state index in [1.165, 1.54) is 0 Å². The molecule has 0 spiro atoms. The molecule has 27 heavy (non-hydrogen) atoms. The summed E-state index contributed by atoms with van der Waals surface area (Å²) in [6.45, 7) is 8.08. The van der Waals surface area contributed by atoms with Crippen LogP contribution in [0.4, 0.5) is 0 Å². The summed E-state index contributed by atoms with van der Waals surface area (Å²) >= 11 is 0. The fourth-order valence-electron chi connectivity index (χ4n) is 6.05. The number of carboxylic acid groups (broad SMARTS) is 1. The summed E-state index contributed by atoms with van der Waals surface area (Å²) in [5, 5.41) is 9.81. The molecule has 148 valence electrons. The smallest absolute Gasteiger partial charge is 0.332 e. The van der Waals surface area contributed by atoms with E-state index < -0.39 is 17.0 Å². The van der Waals surface area contributed by atoms with Gasteiger partial charge in [-0.2, -0.15) is 0 Å². The number of amides is 1. The van der Waals surface area contributed by atoms with Gasteiger partial charge in [-0.25, -0.2) is 4.79 Å². The Balaban J connectivity index is 1.46. The average molecular weight is 376 g/mol. The van der Waals surface area contributed by atoms with E-state index in [1.807, 2.05) is 0 Å². The standard InChI is InChI=1S/C20H28N2O5/c1-3-27-18(26)19-5-4-16(23)22(19)12-15(8-19)6-14-9-20(17(24)25)7-13(2)10-21(20)11-14/h14-15H,2-12H2,1H3,(H,24,25)/t14?,15?,19-,20+/m0/s1. The molecule has 0 aromatic carbocycles. The normalized spacial score (nSPS) is 38.3. The largest absolute Gasteiger partial charge is 0.480 e. The van der Waals surface area contributed by atoms with E-state index in [9.17, 15) is 19.5 Å². The number of carbonyl (C=O) groups is 3. The van der Waals surface area contributed by atoms with E-state index in [2.05, 4.69) is 11.5 Å². The van der Waals surface area contributed by atoms with Crippen molar-refractivity contribution in [2.24, 2.45) is 11.8 Å². The van der Waals surface area contributed by atoms with E-state index in [4.69, 9.17) is 4.74 Å². The molecular weight excluding hydrogens is 348 g/mol. The van der Waals surface area contributed by atoms with E-state index >= 15 is 0 Å². The highest BCUT2D eigenvalue weighted by atomic mass is 16.5. The molecule has 4 rings (SSSR count). The summed E-state index contributed by atoms with van der Waals surface area (Å²) in [7, 11) is 0. The summed E-state index contributed by atoms with van der Waals surface area (Å²) in [4.78, 5) is 40.7. The van der Waals surface area contributed by atoms with E-state index in [-0.39, 0.29) is 23.7 Å². The SMILES string of the molecule is C=C1CN2CC(CC3CN4C(=O)CC[C@@]4(C(=O)OCC)C3)C[C@@]2(C(=O)O)C1. The van der Waals surface area contributed by atoms with Gasteiger partial charge in [0, 0.05) is 26.1 Å². The fourth-order valence-corrected chi connectivity index (χ4v) is 6.05. The average Bonchev–Trinajstić information content (AvgIpc) is 3.28. The molecule has 4 heterocycles. The molecule has 4 atom stereocenters. The van der Waals surface area contributed by atoms with Gasteiger partial charge < -0.3 is 14.7 Å². The molecule has 0 radical (unpaired) electrons. The molecule has 4 fully saturated rings. The van der Waals surface area contributed by atoms with Crippen LogP contribution < -0.4 is 0 Å². The highest BCUT2D eigenvalue weighted by molar-refractivity contribution is 5.92. The molecular formula is C20H28N2O5. The van der Waals surface area contributed by atoms with Gasteiger partial charge >= 0.3 is 11.9 Å². The van der Waals surface area contributed by atoms with E-state index in [1.54, 1.807) is 11.8 Å². The van der Waals surface area contributed by atoms with Crippen molar-refractivity contribution in [1.29, 1.82) is 0 Å². The Kier molecular flexibility index (Phi) is 4.33. The Bertz CT molecular complexity index is 706. The predicted octanol–water partition coefficient (Wildman–Crippen LogP) is 1.43. The summed E-state index contributed by atoms with van der Waals surface area (Å²) in [5.41, 5.74) is -0.597. The fraction of sp³-hybridized carbons (Fsp3) is 0.750. The molecule has 0 bridgehead atoms. The summed E-state index contributed by atoms with van der Waals surface area (Å²) < 4.78 is 5.29. The van der Waals surface area contributed by atoms with Gasteiger partial charge in [-0.1, -0.05) is 12.2 Å². The molecule has 4 saturated heterocycles. The minimum Gasteiger partial charge on any atom is -0.480 e. The third-order valence-electron chi connectivity index (χ3n) is 7.02. The van der Waals surface area contributed by atoms with Gasteiger partial charge in [0.15, 0.2) is 0 Å². The van der Waals surface area contributed by atoms with Crippen molar-refractivity contribution in [2.75, 3.05) is 26.2 Å². The van der Waals surface area contributed by atoms with Gasteiger partial charge in [0.2, 0.25) is 5.91 Å². The predicted molar refractivity (Wildman–Crippen MR) is 96.8 cm³/mol. The number of carboxylic acids is 1. The maximum atomic E-state index is 12.6. The molecule has 0 aliphatic carbocycles. The number of fused-ring (bicyclic) bond motifs is 2. The second-order valence-corrected chi connectivity index (χ2v) is 8.78. The van der Waals surface area contributed by atoms with Crippen molar-refractivity contribution >= 4 is 17.8 Å². The molecule has 0 saturated carbocycles. The van der Waals surface area contributed by atoms with Crippen LogP contribution in [-0.4, -0.2) is 70.1 Å². The molecule has 4 aliphatic heterocycles. The first kappa shape index (κ1) is 18.5. The van der Waals surface area contributed by atoms with Crippen molar-refractivity contribution in [1.82, 2.24) is 9.80 Å². The van der Waals surface area contributed by atoms with Crippen molar-refractivity contribution < 1.29 is 24.2 Å². The zero-order valence-electron chi connectivity index (χ0n) is 15.9. The highest BCUT2D eigenvalue weighted by Crippen LogP contribution is 2.49. The van der Waals surface area contributed by atoms with Crippen LogP contribution in [-0.2, 0) is 19.1 Å². The first-order chi connectivity index (χ1) is 12.8. The molecule has 4 aliphatic rings. The lowest BCUT2D eigenvalue weighted by Gasteiger charge is -2.29. The molecule has 2 unspecified atom stereocenters. The van der Waals surface area contributed by atoms with Gasteiger partial charge in [0.1, 0.15) is 11.1 Å². The summed E-state index contributed by atoms with van der Waals surface area (Å²) in [6.07, 6.45) is 3.59. The van der Waals surface area contributed by atoms with Crippen LogP contribution in [0.2, 0.25) is 0 Å². The first-order valence-corrected chi connectivity index (χ1v) is 9.93. The number of carbonyl (C=O) groups excluding carboxylic acids is 2. The van der Waals surface area contributed by atoms with Crippen molar-refractivity contribution in [3.05, 3.63) is 12.2 Å². The van der Waals surface area contributed by atoms with Crippen LogP contribution in [0.25, 0.3) is 0 Å². The second-order valence-electron chi connectivity index (χ2n) is 8.78. The highest BCUT2D eigenvalue weighted by Gasteiger charge is 2.59. The molecule has 1 amide bonds. The van der Waals surface area contributed by atoms with Crippen LogP contribution in [0.15, 0.2) is 12.2 Å². The van der Waals surface area contributed by atoms with Gasteiger partial charge in [-0.3, -0.25) is 14.5 Å². The Labute approximate surface area is 159 Å². The van der Waals surface area contributed by atoms with Crippen LogP contribution in [0.3, 0.4) is 0 Å². The number of hydrogen-bond donors (Lipinski definition) is 1. The molecule has 7 heteroatoms. The van der Waals surface area contributed by atoms with Crippen molar-refractivity contribution in [3.63, 3.8) is 0 Å². The lowest BCUT2D eigenvalue weighted by molar-refractivity contribution is -0.157. The quantitative estimate of drug-likeness (QED) is 0.577. The van der Waals surface area contributed by atoms with E-state index in [0.717, 1.165) is 18.5 Å². The third kappa shape index (κ3) is 2.70. The number of hydrogen-bond acceptors (Lipinski definition) is 5. The minimum absolute atomic E-state index is 0.0379. The molecule has 0 aromatic rings. The van der Waals surface area contributed by atoms with E-state index in [0.29, 0.717) is 51.8 Å².